The number of amides is 2. The largest absolute Gasteiger partial charge is 0.356 e. The van der Waals surface area contributed by atoms with Gasteiger partial charge in [0.05, 0.1) is 5.92 Å². The van der Waals surface area contributed by atoms with Crippen LogP contribution in [0.4, 0.5) is 4.39 Å². The Kier molecular flexibility index (Phi) is 6.89. The summed E-state index contributed by atoms with van der Waals surface area (Å²) in [4.78, 5) is 25.8. The summed E-state index contributed by atoms with van der Waals surface area (Å²) in [7, 11) is 0. The van der Waals surface area contributed by atoms with E-state index in [1.165, 1.54) is 6.07 Å². The van der Waals surface area contributed by atoms with E-state index in [2.05, 4.69) is 5.32 Å². The number of nitrogens with zero attached hydrogens (tertiary/aromatic N) is 1. The quantitative estimate of drug-likeness (QED) is 0.777. The average molecular weight is 338 g/mol. The second-order valence-corrected chi connectivity index (χ2v) is 6.72. The van der Waals surface area contributed by atoms with E-state index < -0.39 is 0 Å². The van der Waals surface area contributed by atoms with Crippen LogP contribution in [0, 0.1) is 11.7 Å². The lowest BCUT2D eigenvalue weighted by Crippen LogP contribution is -2.45. The summed E-state index contributed by atoms with van der Waals surface area (Å²) in [5.74, 6) is 0.484. The van der Waals surface area contributed by atoms with Crippen LogP contribution in [-0.4, -0.2) is 41.8 Å². The summed E-state index contributed by atoms with van der Waals surface area (Å²) in [6.07, 6.45) is 3.89. The van der Waals surface area contributed by atoms with Gasteiger partial charge in [-0.1, -0.05) is 18.2 Å². The van der Waals surface area contributed by atoms with Crippen LogP contribution < -0.4 is 5.32 Å². The van der Waals surface area contributed by atoms with Crippen LogP contribution in [0.1, 0.15) is 24.8 Å². The van der Waals surface area contributed by atoms with Crippen molar-refractivity contribution in [3.8, 4) is 0 Å². The zero-order valence-electron chi connectivity index (χ0n) is 13.4. The molecule has 0 bridgehead atoms. The molecule has 0 spiro atoms. The molecule has 1 N–H and O–H groups in total. The van der Waals surface area contributed by atoms with Crippen molar-refractivity contribution in [1.82, 2.24) is 10.2 Å². The monoisotopic (exact) mass is 338 g/mol. The highest BCUT2D eigenvalue weighted by Crippen LogP contribution is 2.21. The summed E-state index contributed by atoms with van der Waals surface area (Å²) in [6.45, 7) is 1.25. The molecule has 126 valence electrons. The second-order valence-electron chi connectivity index (χ2n) is 5.74. The van der Waals surface area contributed by atoms with Gasteiger partial charge in [0.25, 0.3) is 0 Å². The van der Waals surface area contributed by atoms with Gasteiger partial charge >= 0.3 is 0 Å². The number of thioether (sulfide) groups is 1. The first-order valence-corrected chi connectivity index (χ1v) is 9.29. The van der Waals surface area contributed by atoms with E-state index in [1.54, 1.807) is 34.9 Å². The molecule has 0 aromatic heterocycles. The Morgan fingerprint density at radius 1 is 1.43 bits per heavy atom. The first-order valence-electron chi connectivity index (χ1n) is 7.89. The summed E-state index contributed by atoms with van der Waals surface area (Å²) >= 11 is 1.75. The van der Waals surface area contributed by atoms with Gasteiger partial charge < -0.3 is 10.2 Å². The molecule has 6 heteroatoms. The van der Waals surface area contributed by atoms with Crippen LogP contribution in [0.3, 0.4) is 0 Å². The smallest absolute Gasteiger partial charge is 0.224 e. The van der Waals surface area contributed by atoms with Gasteiger partial charge in [0.1, 0.15) is 5.82 Å². The fourth-order valence-electron chi connectivity index (χ4n) is 2.69. The minimum Gasteiger partial charge on any atom is -0.356 e. The molecule has 0 saturated carbocycles. The van der Waals surface area contributed by atoms with Crippen LogP contribution in [0.5, 0.6) is 0 Å². The number of hydrogen-bond acceptors (Lipinski definition) is 3. The van der Waals surface area contributed by atoms with Crippen molar-refractivity contribution in [2.75, 3.05) is 25.1 Å². The highest BCUT2D eigenvalue weighted by Gasteiger charge is 2.30. The van der Waals surface area contributed by atoms with Crippen LogP contribution in [0.2, 0.25) is 0 Å². The molecule has 1 aromatic rings. The number of piperidine rings is 1. The number of likely N-dealkylation sites (tertiary alicyclic amines) is 1. The van der Waals surface area contributed by atoms with Crippen LogP contribution in [0.25, 0.3) is 0 Å². The molecule has 1 aromatic carbocycles. The Morgan fingerprint density at radius 2 is 2.22 bits per heavy atom. The van der Waals surface area contributed by atoms with Crippen LogP contribution >= 0.6 is 11.8 Å². The lowest BCUT2D eigenvalue weighted by Gasteiger charge is -2.32. The van der Waals surface area contributed by atoms with Gasteiger partial charge in [-0.15, -0.1) is 0 Å². The molecule has 1 fully saturated rings. The third-order valence-electron chi connectivity index (χ3n) is 4.01. The maximum absolute atomic E-state index is 13.7. The zero-order chi connectivity index (χ0) is 16.7. The van der Waals surface area contributed by atoms with Crippen molar-refractivity contribution in [2.45, 2.75) is 25.8 Å². The molecule has 2 amide bonds. The molecule has 2 rings (SSSR count). The molecule has 1 heterocycles. The molecule has 1 atom stereocenters. The maximum atomic E-state index is 13.7. The zero-order valence-corrected chi connectivity index (χ0v) is 14.2. The fourth-order valence-corrected chi connectivity index (χ4v) is 3.12. The van der Waals surface area contributed by atoms with E-state index in [0.717, 1.165) is 12.2 Å². The topological polar surface area (TPSA) is 49.4 Å². The number of carbonyl (C=O) groups excluding carboxylic acids is 2. The highest BCUT2D eigenvalue weighted by molar-refractivity contribution is 7.98. The minimum atomic E-state index is -0.316. The van der Waals surface area contributed by atoms with Crippen LogP contribution in [-0.2, 0) is 16.1 Å². The van der Waals surface area contributed by atoms with Gasteiger partial charge in [-0.05, 0) is 30.9 Å². The Balaban J connectivity index is 1.90. The SMILES string of the molecule is CSCCCNC(=O)[C@@H]1CCC(=O)N(Cc2ccccc2F)C1. The molecule has 23 heavy (non-hydrogen) atoms. The van der Waals surface area contributed by atoms with Gasteiger partial charge in [0, 0.05) is 31.6 Å². The number of hydrogen-bond donors (Lipinski definition) is 1. The molecule has 4 nitrogen and oxygen atoms in total. The Bertz CT molecular complexity index is 553. The van der Waals surface area contributed by atoms with Crippen LogP contribution in [0.15, 0.2) is 24.3 Å². The predicted molar refractivity (Wildman–Crippen MR) is 90.5 cm³/mol. The molecule has 1 saturated heterocycles. The standard InChI is InChI=1S/C17H23FN2O2S/c1-23-10-4-9-19-17(22)14-7-8-16(21)20(12-14)11-13-5-2-3-6-15(13)18/h2-3,5-6,14H,4,7-12H2,1H3,(H,19,22)/t14-/m1/s1. The van der Waals surface area contributed by atoms with Crippen molar-refractivity contribution in [2.24, 2.45) is 5.92 Å². The maximum Gasteiger partial charge on any atom is 0.224 e. The summed E-state index contributed by atoms with van der Waals surface area (Å²) in [5.41, 5.74) is 0.488. The van der Waals surface area contributed by atoms with E-state index in [1.807, 2.05) is 6.26 Å². The first-order chi connectivity index (χ1) is 11.1. The summed E-state index contributed by atoms with van der Waals surface area (Å²) in [6, 6.07) is 6.44. The minimum absolute atomic E-state index is 0.00265. The number of carbonyl (C=O) groups is 2. The van der Waals surface area contributed by atoms with Crippen molar-refractivity contribution >= 4 is 23.6 Å². The van der Waals surface area contributed by atoms with E-state index in [9.17, 15) is 14.0 Å². The van der Waals surface area contributed by atoms with Gasteiger partial charge in [-0.3, -0.25) is 9.59 Å². The second kappa shape index (κ2) is 8.91. The first kappa shape index (κ1) is 17.8. The Morgan fingerprint density at radius 3 is 2.96 bits per heavy atom. The van der Waals surface area contributed by atoms with Crippen molar-refractivity contribution in [1.29, 1.82) is 0 Å². The Hall–Kier alpha value is -1.56. The fraction of sp³-hybridized carbons (Fsp3) is 0.529. The van der Waals surface area contributed by atoms with Crippen molar-refractivity contribution in [3.05, 3.63) is 35.6 Å². The van der Waals surface area contributed by atoms with E-state index in [0.29, 0.717) is 31.5 Å². The van der Waals surface area contributed by atoms with E-state index >= 15 is 0 Å². The molecular formula is C17H23FN2O2S. The third-order valence-corrected chi connectivity index (χ3v) is 4.71. The van der Waals surface area contributed by atoms with Gasteiger partial charge in [-0.2, -0.15) is 11.8 Å². The molecule has 1 aliphatic heterocycles. The molecular weight excluding hydrogens is 315 g/mol. The number of rotatable bonds is 7. The normalized spacial score (nSPS) is 18.1. The van der Waals surface area contributed by atoms with E-state index in [4.69, 9.17) is 0 Å². The lowest BCUT2D eigenvalue weighted by molar-refractivity contribution is -0.138. The number of halogens is 1. The molecule has 0 radical (unpaired) electrons. The lowest BCUT2D eigenvalue weighted by atomic mass is 9.96. The predicted octanol–water partition coefficient (Wildman–Crippen LogP) is 2.43. The van der Waals surface area contributed by atoms with E-state index in [-0.39, 0.29) is 30.1 Å². The highest BCUT2D eigenvalue weighted by atomic mass is 32.2. The van der Waals surface area contributed by atoms with Crippen molar-refractivity contribution < 1.29 is 14.0 Å². The third kappa shape index (κ3) is 5.23. The number of benzene rings is 1. The van der Waals surface area contributed by atoms with Gasteiger partial charge in [-0.25, -0.2) is 4.39 Å². The molecule has 1 aliphatic rings. The molecule has 0 aliphatic carbocycles. The average Bonchev–Trinajstić information content (AvgIpc) is 2.55. The van der Waals surface area contributed by atoms with Crippen molar-refractivity contribution in [3.63, 3.8) is 0 Å². The van der Waals surface area contributed by atoms with Gasteiger partial charge in [0.2, 0.25) is 11.8 Å². The summed E-state index contributed by atoms with van der Waals surface area (Å²) in [5, 5.41) is 2.93. The molecule has 0 unspecified atom stereocenters. The summed E-state index contributed by atoms with van der Waals surface area (Å²) < 4.78 is 13.7. The van der Waals surface area contributed by atoms with Gasteiger partial charge in [0.15, 0.2) is 0 Å². The Labute approximate surface area is 140 Å². The number of nitrogens with one attached hydrogen (secondary N) is 1.